The van der Waals surface area contributed by atoms with Crippen LogP contribution in [0.4, 0.5) is 0 Å². The molecular formula is C15H26N2. The van der Waals surface area contributed by atoms with Gasteiger partial charge in [-0.25, -0.2) is 0 Å². The highest BCUT2D eigenvalue weighted by atomic mass is 15.1. The van der Waals surface area contributed by atoms with Crippen LogP contribution >= 0.6 is 0 Å². The van der Waals surface area contributed by atoms with Crippen molar-refractivity contribution in [2.75, 3.05) is 13.1 Å². The minimum atomic E-state index is 0.630. The van der Waals surface area contributed by atoms with Crippen molar-refractivity contribution in [2.45, 2.75) is 40.8 Å². The summed E-state index contributed by atoms with van der Waals surface area (Å²) in [5.74, 6) is 0.721. The molecule has 0 aliphatic carbocycles. The van der Waals surface area contributed by atoms with Crippen LogP contribution in [0.2, 0.25) is 0 Å². The lowest BCUT2D eigenvalue weighted by atomic mass is 10.0. The van der Waals surface area contributed by atoms with Crippen molar-refractivity contribution < 1.29 is 0 Å². The summed E-state index contributed by atoms with van der Waals surface area (Å²) in [7, 11) is 0. The summed E-state index contributed by atoms with van der Waals surface area (Å²) in [6, 6.07) is 6.57. The summed E-state index contributed by atoms with van der Waals surface area (Å²) >= 11 is 0. The third-order valence-corrected chi connectivity index (χ3v) is 3.11. The van der Waals surface area contributed by atoms with Gasteiger partial charge in [0, 0.05) is 19.6 Å². The summed E-state index contributed by atoms with van der Waals surface area (Å²) < 4.78 is 0. The molecule has 0 heterocycles. The molecule has 0 unspecified atom stereocenters. The zero-order valence-electron chi connectivity index (χ0n) is 11.7. The smallest absolute Gasteiger partial charge is 0.0236 e. The molecule has 0 bridgehead atoms. The fraction of sp³-hybridized carbons (Fsp3) is 0.600. The number of hydrogen-bond acceptors (Lipinski definition) is 2. The fourth-order valence-electron chi connectivity index (χ4n) is 2.13. The Morgan fingerprint density at radius 1 is 1.29 bits per heavy atom. The van der Waals surface area contributed by atoms with Gasteiger partial charge < -0.3 is 5.73 Å². The Balaban J connectivity index is 2.72. The topological polar surface area (TPSA) is 29.3 Å². The van der Waals surface area contributed by atoms with Crippen LogP contribution in [0.5, 0.6) is 0 Å². The second-order valence-electron chi connectivity index (χ2n) is 5.19. The Labute approximate surface area is 106 Å². The SMILES string of the molecule is CCN(Cc1ccc(CN)cc1C)CC(C)C. The van der Waals surface area contributed by atoms with Crippen molar-refractivity contribution in [1.29, 1.82) is 0 Å². The first-order valence-corrected chi connectivity index (χ1v) is 6.57. The van der Waals surface area contributed by atoms with E-state index in [4.69, 9.17) is 5.73 Å². The molecule has 0 spiro atoms. The number of nitrogens with two attached hydrogens (primary N) is 1. The predicted octanol–water partition coefficient (Wildman–Crippen LogP) is 2.93. The molecule has 17 heavy (non-hydrogen) atoms. The van der Waals surface area contributed by atoms with Crippen molar-refractivity contribution in [3.05, 3.63) is 34.9 Å². The molecule has 1 rings (SSSR count). The molecule has 0 radical (unpaired) electrons. The van der Waals surface area contributed by atoms with Crippen molar-refractivity contribution in [3.63, 3.8) is 0 Å². The minimum absolute atomic E-state index is 0.630. The maximum atomic E-state index is 5.65. The largest absolute Gasteiger partial charge is 0.326 e. The fourth-order valence-corrected chi connectivity index (χ4v) is 2.13. The Kier molecular flexibility index (Phi) is 5.66. The lowest BCUT2D eigenvalue weighted by Gasteiger charge is -2.23. The van der Waals surface area contributed by atoms with Crippen LogP contribution in [0.3, 0.4) is 0 Å². The van der Waals surface area contributed by atoms with Crippen LogP contribution in [-0.2, 0) is 13.1 Å². The molecule has 0 aliphatic heterocycles. The molecule has 2 heteroatoms. The molecule has 0 fully saturated rings. The molecule has 0 saturated carbocycles. The molecule has 1 aromatic carbocycles. The average molecular weight is 234 g/mol. The summed E-state index contributed by atoms with van der Waals surface area (Å²) in [5.41, 5.74) is 9.65. The van der Waals surface area contributed by atoms with Crippen molar-refractivity contribution in [2.24, 2.45) is 11.7 Å². The maximum Gasteiger partial charge on any atom is 0.0236 e. The van der Waals surface area contributed by atoms with Gasteiger partial charge in [-0.15, -0.1) is 0 Å². The molecule has 0 amide bonds. The number of benzene rings is 1. The van der Waals surface area contributed by atoms with Crippen LogP contribution in [0, 0.1) is 12.8 Å². The molecule has 0 aliphatic rings. The summed E-state index contributed by atoms with van der Waals surface area (Å²) in [5, 5.41) is 0. The highest BCUT2D eigenvalue weighted by Crippen LogP contribution is 2.14. The molecule has 0 atom stereocenters. The van der Waals surface area contributed by atoms with E-state index in [0.29, 0.717) is 6.54 Å². The van der Waals surface area contributed by atoms with Gasteiger partial charge in [-0.1, -0.05) is 39.0 Å². The van der Waals surface area contributed by atoms with Gasteiger partial charge in [0.25, 0.3) is 0 Å². The van der Waals surface area contributed by atoms with Crippen LogP contribution in [0.1, 0.15) is 37.5 Å². The van der Waals surface area contributed by atoms with E-state index in [0.717, 1.165) is 25.6 Å². The van der Waals surface area contributed by atoms with Gasteiger partial charge in [0.05, 0.1) is 0 Å². The van der Waals surface area contributed by atoms with Crippen molar-refractivity contribution in [1.82, 2.24) is 4.90 Å². The normalized spacial score (nSPS) is 11.5. The van der Waals surface area contributed by atoms with Gasteiger partial charge in [0.1, 0.15) is 0 Å². The van der Waals surface area contributed by atoms with E-state index >= 15 is 0 Å². The van der Waals surface area contributed by atoms with E-state index in [1.807, 2.05) is 0 Å². The van der Waals surface area contributed by atoms with Crippen LogP contribution in [0.25, 0.3) is 0 Å². The van der Waals surface area contributed by atoms with E-state index in [9.17, 15) is 0 Å². The molecule has 2 nitrogen and oxygen atoms in total. The molecule has 96 valence electrons. The lowest BCUT2D eigenvalue weighted by Crippen LogP contribution is -2.27. The maximum absolute atomic E-state index is 5.65. The van der Waals surface area contributed by atoms with Gasteiger partial charge >= 0.3 is 0 Å². The predicted molar refractivity (Wildman–Crippen MR) is 74.9 cm³/mol. The Hall–Kier alpha value is -0.860. The van der Waals surface area contributed by atoms with E-state index in [1.165, 1.54) is 16.7 Å². The van der Waals surface area contributed by atoms with Crippen LogP contribution in [0.15, 0.2) is 18.2 Å². The van der Waals surface area contributed by atoms with E-state index in [1.54, 1.807) is 0 Å². The standard InChI is InChI=1S/C15H26N2/c1-5-17(10-12(2)3)11-15-7-6-14(9-16)8-13(15)4/h6-8,12H,5,9-11,16H2,1-4H3. The number of aryl methyl sites for hydroxylation is 1. The molecule has 1 aromatic rings. The Bertz CT molecular complexity index is 345. The van der Waals surface area contributed by atoms with Crippen molar-refractivity contribution in [3.8, 4) is 0 Å². The quantitative estimate of drug-likeness (QED) is 0.820. The Morgan fingerprint density at radius 2 is 2.00 bits per heavy atom. The van der Waals surface area contributed by atoms with Gasteiger partial charge in [-0.05, 0) is 36.1 Å². The van der Waals surface area contributed by atoms with Gasteiger partial charge in [-0.2, -0.15) is 0 Å². The number of hydrogen-bond donors (Lipinski definition) is 1. The Morgan fingerprint density at radius 3 is 2.47 bits per heavy atom. The molecular weight excluding hydrogens is 208 g/mol. The number of nitrogens with zero attached hydrogens (tertiary/aromatic N) is 1. The lowest BCUT2D eigenvalue weighted by molar-refractivity contribution is 0.248. The zero-order chi connectivity index (χ0) is 12.8. The summed E-state index contributed by atoms with van der Waals surface area (Å²) in [4.78, 5) is 2.50. The first-order valence-electron chi connectivity index (χ1n) is 6.57. The van der Waals surface area contributed by atoms with E-state index in [-0.39, 0.29) is 0 Å². The average Bonchev–Trinajstić information content (AvgIpc) is 2.29. The van der Waals surface area contributed by atoms with Gasteiger partial charge in [0.2, 0.25) is 0 Å². The molecule has 0 aromatic heterocycles. The third-order valence-electron chi connectivity index (χ3n) is 3.11. The number of rotatable bonds is 6. The monoisotopic (exact) mass is 234 g/mol. The summed E-state index contributed by atoms with van der Waals surface area (Å²) in [6.07, 6.45) is 0. The van der Waals surface area contributed by atoms with E-state index < -0.39 is 0 Å². The minimum Gasteiger partial charge on any atom is -0.326 e. The highest BCUT2D eigenvalue weighted by Gasteiger charge is 2.08. The summed E-state index contributed by atoms with van der Waals surface area (Å²) in [6.45, 7) is 12.9. The first-order chi connectivity index (χ1) is 8.06. The van der Waals surface area contributed by atoms with Gasteiger partial charge in [0.15, 0.2) is 0 Å². The third kappa shape index (κ3) is 4.49. The second-order valence-corrected chi connectivity index (χ2v) is 5.19. The van der Waals surface area contributed by atoms with E-state index in [2.05, 4.69) is 50.8 Å². The van der Waals surface area contributed by atoms with Crippen LogP contribution in [-0.4, -0.2) is 18.0 Å². The van der Waals surface area contributed by atoms with Crippen LogP contribution < -0.4 is 5.73 Å². The zero-order valence-corrected chi connectivity index (χ0v) is 11.7. The van der Waals surface area contributed by atoms with Crippen molar-refractivity contribution >= 4 is 0 Å². The van der Waals surface area contributed by atoms with Gasteiger partial charge in [-0.3, -0.25) is 4.90 Å². The highest BCUT2D eigenvalue weighted by molar-refractivity contribution is 5.30. The molecule has 0 saturated heterocycles. The second kappa shape index (κ2) is 6.77. The molecule has 2 N–H and O–H groups in total. The first kappa shape index (κ1) is 14.2.